The van der Waals surface area contributed by atoms with Crippen LogP contribution in [0.4, 0.5) is 0 Å². The summed E-state index contributed by atoms with van der Waals surface area (Å²) in [5.41, 5.74) is 4.92. The van der Waals surface area contributed by atoms with E-state index in [0.717, 1.165) is 36.1 Å². The van der Waals surface area contributed by atoms with Gasteiger partial charge in [0.2, 0.25) is 0 Å². The largest absolute Gasteiger partial charge is 0.236 e. The Bertz CT molecular complexity index is 611. The van der Waals surface area contributed by atoms with Gasteiger partial charge in [0.25, 0.3) is 0 Å². The maximum atomic E-state index is 9.09. The van der Waals surface area contributed by atoms with Crippen LogP contribution in [0.3, 0.4) is 0 Å². The first-order valence-electron chi connectivity index (χ1n) is 5.72. The predicted molar refractivity (Wildman–Crippen MR) is 64.2 cm³/mol. The fourth-order valence-electron chi connectivity index (χ4n) is 2.40. The molecule has 0 saturated carbocycles. The van der Waals surface area contributed by atoms with Gasteiger partial charge >= 0.3 is 0 Å². The summed E-state index contributed by atoms with van der Waals surface area (Å²) in [7, 11) is 0. The quantitative estimate of drug-likeness (QED) is 0.686. The Morgan fingerprint density at radius 1 is 1.12 bits per heavy atom. The van der Waals surface area contributed by atoms with Crippen LogP contribution in [0.2, 0.25) is 0 Å². The Kier molecular flexibility index (Phi) is 2.34. The lowest BCUT2D eigenvalue weighted by Crippen LogP contribution is -1.98. The third kappa shape index (κ3) is 1.58. The van der Waals surface area contributed by atoms with Crippen molar-refractivity contribution in [3.63, 3.8) is 0 Å². The Balaban J connectivity index is 2.31. The molecule has 1 aromatic heterocycles. The molecule has 3 nitrogen and oxygen atoms in total. The van der Waals surface area contributed by atoms with Crippen LogP contribution in [0.15, 0.2) is 30.6 Å². The smallest absolute Gasteiger partial charge is 0.147 e. The lowest BCUT2D eigenvalue weighted by molar-refractivity contribution is 0.826. The van der Waals surface area contributed by atoms with Gasteiger partial charge in [0.05, 0.1) is 5.69 Å². The average molecular weight is 221 g/mol. The minimum absolute atomic E-state index is 0.520. The summed E-state index contributed by atoms with van der Waals surface area (Å²) in [5.74, 6) is 0. The number of hydrogen-bond donors (Lipinski definition) is 0. The third-order valence-electron chi connectivity index (χ3n) is 3.20. The Morgan fingerprint density at radius 3 is 2.88 bits per heavy atom. The minimum atomic E-state index is 0.520. The van der Waals surface area contributed by atoms with Crippen LogP contribution >= 0.6 is 0 Å². The molecule has 0 bridgehead atoms. The molecular formula is C14H11N3. The second-order valence-electron chi connectivity index (χ2n) is 4.17. The first-order valence-corrected chi connectivity index (χ1v) is 5.72. The van der Waals surface area contributed by atoms with Crippen molar-refractivity contribution in [3.8, 4) is 17.3 Å². The number of fused-ring (bicyclic) bond motifs is 3. The summed E-state index contributed by atoms with van der Waals surface area (Å²) in [6.07, 6.45) is 4.46. The van der Waals surface area contributed by atoms with Gasteiger partial charge in [0.15, 0.2) is 0 Å². The van der Waals surface area contributed by atoms with Gasteiger partial charge in [-0.25, -0.2) is 9.97 Å². The van der Waals surface area contributed by atoms with Crippen LogP contribution in [-0.4, -0.2) is 9.97 Å². The fourth-order valence-corrected chi connectivity index (χ4v) is 2.40. The maximum Gasteiger partial charge on any atom is 0.147 e. The first-order chi connectivity index (χ1) is 8.40. The van der Waals surface area contributed by atoms with Crippen LogP contribution in [0.1, 0.15) is 23.2 Å². The van der Waals surface area contributed by atoms with E-state index in [0.29, 0.717) is 5.69 Å². The van der Waals surface area contributed by atoms with E-state index in [9.17, 15) is 0 Å². The van der Waals surface area contributed by atoms with Crippen molar-refractivity contribution >= 4 is 0 Å². The number of hydrogen-bond acceptors (Lipinski definition) is 3. The van der Waals surface area contributed by atoms with Crippen LogP contribution < -0.4 is 0 Å². The lowest BCUT2D eigenvalue weighted by Gasteiger charge is -2.07. The van der Waals surface area contributed by atoms with E-state index >= 15 is 0 Å². The van der Waals surface area contributed by atoms with Crippen molar-refractivity contribution < 1.29 is 0 Å². The van der Waals surface area contributed by atoms with Crippen LogP contribution in [0.25, 0.3) is 11.3 Å². The maximum absolute atomic E-state index is 9.09. The number of aromatic nitrogens is 2. The monoisotopic (exact) mass is 221 g/mol. The van der Waals surface area contributed by atoms with Crippen LogP contribution in [-0.2, 0) is 12.8 Å². The van der Waals surface area contributed by atoms with Crippen LogP contribution in [0, 0.1) is 11.3 Å². The fraction of sp³-hybridized carbons (Fsp3) is 0.214. The molecule has 17 heavy (non-hydrogen) atoms. The summed E-state index contributed by atoms with van der Waals surface area (Å²) < 4.78 is 0. The molecule has 0 saturated heterocycles. The molecule has 1 aliphatic carbocycles. The zero-order valence-corrected chi connectivity index (χ0v) is 9.35. The average Bonchev–Trinajstić information content (AvgIpc) is 2.58. The Labute approximate surface area is 99.8 Å². The van der Waals surface area contributed by atoms with E-state index in [1.807, 2.05) is 6.07 Å². The van der Waals surface area contributed by atoms with Gasteiger partial charge < -0.3 is 0 Å². The molecular weight excluding hydrogens is 210 g/mol. The highest BCUT2D eigenvalue weighted by molar-refractivity contribution is 5.69. The molecule has 0 N–H and O–H groups in total. The molecule has 0 unspecified atom stereocenters. The van der Waals surface area contributed by atoms with E-state index in [1.165, 1.54) is 11.9 Å². The van der Waals surface area contributed by atoms with E-state index in [2.05, 4.69) is 34.2 Å². The minimum Gasteiger partial charge on any atom is -0.236 e. The van der Waals surface area contributed by atoms with Crippen LogP contribution in [0.5, 0.6) is 0 Å². The second kappa shape index (κ2) is 3.99. The summed E-state index contributed by atoms with van der Waals surface area (Å²) in [5, 5.41) is 9.09. The van der Waals surface area contributed by atoms with Gasteiger partial charge in [-0.2, -0.15) is 5.26 Å². The van der Waals surface area contributed by atoms with Crippen molar-refractivity contribution in [2.75, 3.05) is 0 Å². The van der Waals surface area contributed by atoms with Gasteiger partial charge in [0, 0.05) is 11.1 Å². The summed E-state index contributed by atoms with van der Waals surface area (Å²) in [6.45, 7) is 0. The van der Waals surface area contributed by atoms with E-state index in [1.54, 1.807) is 0 Å². The predicted octanol–water partition coefficient (Wildman–Crippen LogP) is 2.50. The second-order valence-corrected chi connectivity index (χ2v) is 4.17. The van der Waals surface area contributed by atoms with Crippen molar-refractivity contribution in [1.82, 2.24) is 9.97 Å². The zero-order chi connectivity index (χ0) is 11.7. The summed E-state index contributed by atoms with van der Waals surface area (Å²) in [4.78, 5) is 8.42. The molecule has 0 aliphatic heterocycles. The highest BCUT2D eigenvalue weighted by Crippen LogP contribution is 2.31. The standard InChI is InChI=1S/C14H11N3/c15-8-13-12-7-3-5-10-4-1-2-6-11(10)14(12)17-9-16-13/h1-2,4,6,9H,3,5,7H2. The molecule has 82 valence electrons. The molecule has 0 fully saturated rings. The van der Waals surface area contributed by atoms with E-state index in [4.69, 9.17) is 5.26 Å². The van der Waals surface area contributed by atoms with Crippen molar-refractivity contribution in [2.24, 2.45) is 0 Å². The number of aryl methyl sites for hydroxylation is 1. The van der Waals surface area contributed by atoms with Gasteiger partial charge in [-0.05, 0) is 24.8 Å². The Hall–Kier alpha value is -2.21. The zero-order valence-electron chi connectivity index (χ0n) is 9.35. The highest BCUT2D eigenvalue weighted by Gasteiger charge is 2.18. The van der Waals surface area contributed by atoms with E-state index in [-0.39, 0.29) is 0 Å². The van der Waals surface area contributed by atoms with Crippen molar-refractivity contribution in [2.45, 2.75) is 19.3 Å². The molecule has 3 rings (SSSR count). The highest BCUT2D eigenvalue weighted by atomic mass is 14.8. The Morgan fingerprint density at radius 2 is 2.00 bits per heavy atom. The number of nitrogens with zero attached hydrogens (tertiary/aromatic N) is 3. The molecule has 1 heterocycles. The van der Waals surface area contributed by atoms with E-state index < -0.39 is 0 Å². The number of benzene rings is 1. The first kappa shape index (κ1) is 9.98. The van der Waals surface area contributed by atoms with Gasteiger partial charge in [0.1, 0.15) is 18.1 Å². The molecule has 0 radical (unpaired) electrons. The topological polar surface area (TPSA) is 49.6 Å². The third-order valence-corrected chi connectivity index (χ3v) is 3.20. The molecule has 0 atom stereocenters. The van der Waals surface area contributed by atoms with Crippen molar-refractivity contribution in [1.29, 1.82) is 5.26 Å². The van der Waals surface area contributed by atoms with Gasteiger partial charge in [-0.3, -0.25) is 0 Å². The molecule has 3 heteroatoms. The van der Waals surface area contributed by atoms with Gasteiger partial charge in [-0.15, -0.1) is 0 Å². The lowest BCUT2D eigenvalue weighted by atomic mass is 10.0. The molecule has 0 amide bonds. The van der Waals surface area contributed by atoms with Crippen molar-refractivity contribution in [3.05, 3.63) is 47.4 Å². The number of rotatable bonds is 0. The van der Waals surface area contributed by atoms with Gasteiger partial charge in [-0.1, -0.05) is 24.3 Å². The summed E-state index contributed by atoms with van der Waals surface area (Å²) >= 11 is 0. The number of nitriles is 1. The SMILES string of the molecule is N#Cc1ncnc2c1CCCc1ccccc1-2. The molecule has 1 aliphatic rings. The molecule has 1 aromatic carbocycles. The normalized spacial score (nSPS) is 13.1. The molecule has 0 spiro atoms. The summed E-state index contributed by atoms with van der Waals surface area (Å²) in [6, 6.07) is 10.4. The molecule has 2 aromatic rings.